The summed E-state index contributed by atoms with van der Waals surface area (Å²) in [5.74, 6) is 1.90. The van der Waals surface area contributed by atoms with E-state index < -0.39 is 16.1 Å². The molecule has 0 aromatic rings. The van der Waals surface area contributed by atoms with E-state index in [9.17, 15) is 0 Å². The Morgan fingerprint density at radius 1 is 0.667 bits per heavy atom. The van der Waals surface area contributed by atoms with Crippen LogP contribution < -0.4 is 0 Å². The average molecular weight is 595 g/mol. The second kappa shape index (κ2) is 15.5. The Morgan fingerprint density at radius 3 is 1.31 bits per heavy atom. The second-order valence-electron chi connectivity index (χ2n) is 13.3. The Morgan fingerprint density at radius 2 is 1.03 bits per heavy atom. The maximum atomic E-state index is 2.76. The fourth-order valence-electron chi connectivity index (χ4n) is 5.12. The number of unbranched alkanes of at least 4 members (excludes halogenated alkanes) is 2. The molecular formula is C30H58S2Si4. The van der Waals surface area contributed by atoms with E-state index in [-0.39, 0.29) is 0 Å². The first-order chi connectivity index (χ1) is 16.9. The summed E-state index contributed by atoms with van der Waals surface area (Å²) in [6, 6.07) is 2.97. The maximum Gasteiger partial charge on any atom is 0.0857 e. The van der Waals surface area contributed by atoms with Crippen LogP contribution in [0.5, 0.6) is 0 Å². The van der Waals surface area contributed by atoms with Gasteiger partial charge in [-0.15, -0.1) is 23.5 Å². The third kappa shape index (κ3) is 10.1. The predicted octanol–water partition coefficient (Wildman–Crippen LogP) is 9.23. The third-order valence-electron chi connectivity index (χ3n) is 7.97. The van der Waals surface area contributed by atoms with Crippen molar-refractivity contribution < 1.29 is 0 Å². The van der Waals surface area contributed by atoms with Crippen molar-refractivity contribution in [1.29, 1.82) is 0 Å². The van der Waals surface area contributed by atoms with Crippen molar-refractivity contribution in [3.8, 4) is 0 Å². The minimum absolute atomic E-state index is 0.429. The zero-order valence-corrected chi connectivity index (χ0v) is 31.4. The number of hydrogen-bond acceptors (Lipinski definition) is 2. The van der Waals surface area contributed by atoms with Gasteiger partial charge < -0.3 is 0 Å². The van der Waals surface area contributed by atoms with E-state index in [1.807, 2.05) is 10.3 Å². The molecule has 2 heterocycles. The quantitative estimate of drug-likeness (QED) is 0.173. The van der Waals surface area contributed by atoms with Crippen LogP contribution >= 0.6 is 23.5 Å². The molecule has 6 heteroatoms. The maximum absolute atomic E-state index is 2.76. The zero-order chi connectivity index (χ0) is 26.9. The highest BCUT2D eigenvalue weighted by atomic mass is 32.2. The SMILES string of the molecule is CCCCC(CC)C[SiH]=C1C=C([Si](C)(C)C)SC1C1SC([Si](C)(C)C)=CC1=[SiH]CC(CC)CCCC. The molecule has 0 saturated carbocycles. The molecular weight excluding hydrogens is 537 g/mol. The molecule has 0 aliphatic carbocycles. The smallest absolute Gasteiger partial charge is 0.0857 e. The van der Waals surface area contributed by atoms with Crippen LogP contribution in [0.3, 0.4) is 0 Å². The zero-order valence-electron chi connectivity index (χ0n) is 25.5. The topological polar surface area (TPSA) is 0 Å². The van der Waals surface area contributed by atoms with E-state index in [4.69, 9.17) is 0 Å². The standard InChI is InChI=1S/C30H58S2Si4/c1-11-15-17-23(13-3)21-33-25-19-27(35(5,6)7)31-29(25)30-26(20-28(32-30)36(8,9)10)34-22-24(14-4)18-16-12-2/h19-20,23-24,29-30,33-34H,11-18,21-22H2,1-10H3. The van der Waals surface area contributed by atoms with Gasteiger partial charge in [-0.1, -0.05) is 141 Å². The van der Waals surface area contributed by atoms with E-state index in [1.54, 1.807) is 9.06 Å². The fourth-order valence-corrected chi connectivity index (χ4v) is 17.8. The van der Waals surface area contributed by atoms with Gasteiger partial charge in [-0.3, -0.25) is 0 Å². The second-order valence-corrected chi connectivity index (χ2v) is 29.6. The van der Waals surface area contributed by atoms with Crippen LogP contribution in [0.4, 0.5) is 0 Å². The van der Waals surface area contributed by atoms with Gasteiger partial charge in [-0.2, -0.15) is 0 Å². The highest BCUT2D eigenvalue weighted by Crippen LogP contribution is 2.47. The molecule has 0 nitrogen and oxygen atoms in total. The van der Waals surface area contributed by atoms with E-state index in [2.05, 4.69) is 103 Å². The van der Waals surface area contributed by atoms with Gasteiger partial charge in [0.05, 0.1) is 16.1 Å². The highest BCUT2D eigenvalue weighted by Gasteiger charge is 2.40. The fraction of sp³-hybridized carbons (Fsp3) is 0.800. The minimum Gasteiger partial charge on any atom is -0.126 e. The lowest BCUT2D eigenvalue weighted by molar-refractivity contribution is 0.491. The van der Waals surface area contributed by atoms with Crippen LogP contribution in [-0.2, 0) is 0 Å². The summed E-state index contributed by atoms with van der Waals surface area (Å²) >= 11 is 4.66. The largest absolute Gasteiger partial charge is 0.126 e. The van der Waals surface area contributed by atoms with Crippen molar-refractivity contribution >= 4 is 68.3 Å². The van der Waals surface area contributed by atoms with Crippen LogP contribution in [0.1, 0.15) is 79.1 Å². The number of hydrogen-bond donors (Lipinski definition) is 0. The molecule has 0 amide bonds. The summed E-state index contributed by atoms with van der Waals surface area (Å²) < 4.78 is 3.59. The van der Waals surface area contributed by atoms with Gasteiger partial charge in [-0.25, -0.2) is 0 Å². The van der Waals surface area contributed by atoms with E-state index in [1.165, 1.54) is 63.5 Å². The molecule has 2 aliphatic heterocycles. The van der Waals surface area contributed by atoms with Gasteiger partial charge in [0.1, 0.15) is 0 Å². The Hall–Kier alpha value is 0.788. The first kappa shape index (κ1) is 33.0. The van der Waals surface area contributed by atoms with Gasteiger partial charge in [-0.05, 0) is 51.2 Å². The van der Waals surface area contributed by atoms with Gasteiger partial charge in [0.2, 0.25) is 0 Å². The summed E-state index contributed by atoms with van der Waals surface area (Å²) in [6.45, 7) is 25.0. The van der Waals surface area contributed by atoms with Crippen molar-refractivity contribution in [1.82, 2.24) is 0 Å². The minimum atomic E-state index is -1.28. The summed E-state index contributed by atoms with van der Waals surface area (Å²) in [6.07, 6.45) is 16.7. The van der Waals surface area contributed by atoms with Crippen molar-refractivity contribution in [2.24, 2.45) is 11.8 Å². The van der Waals surface area contributed by atoms with E-state index in [0.29, 0.717) is 18.3 Å². The molecule has 4 unspecified atom stereocenters. The molecule has 2 rings (SSSR count). The van der Waals surface area contributed by atoms with Crippen molar-refractivity contribution in [2.45, 2.75) is 141 Å². The summed E-state index contributed by atoms with van der Waals surface area (Å²) in [7, 11) is -1.70. The molecule has 0 aromatic heterocycles. The molecule has 0 N–H and O–H groups in total. The molecule has 0 saturated heterocycles. The lowest BCUT2D eigenvalue weighted by Crippen LogP contribution is -2.33. The van der Waals surface area contributed by atoms with Gasteiger partial charge in [0.25, 0.3) is 0 Å². The highest BCUT2D eigenvalue weighted by molar-refractivity contribution is 8.11. The molecule has 0 spiro atoms. The Bertz CT molecular complexity index is 746. The Kier molecular flexibility index (Phi) is 14.2. The van der Waals surface area contributed by atoms with Crippen LogP contribution in [0.25, 0.3) is 0 Å². The monoisotopic (exact) mass is 594 g/mol. The lowest BCUT2D eigenvalue weighted by Gasteiger charge is -2.26. The van der Waals surface area contributed by atoms with E-state index >= 15 is 0 Å². The average Bonchev–Trinajstić information content (AvgIpc) is 3.43. The molecule has 36 heavy (non-hydrogen) atoms. The predicted molar refractivity (Wildman–Crippen MR) is 186 cm³/mol. The molecule has 206 valence electrons. The van der Waals surface area contributed by atoms with E-state index in [0.717, 1.165) is 22.3 Å². The molecule has 0 aromatic carbocycles. The van der Waals surface area contributed by atoms with Crippen molar-refractivity contribution in [3.05, 3.63) is 21.2 Å². The van der Waals surface area contributed by atoms with Crippen molar-refractivity contribution in [3.63, 3.8) is 0 Å². The van der Waals surface area contributed by atoms with Crippen LogP contribution in [0.2, 0.25) is 51.4 Å². The third-order valence-corrected chi connectivity index (χ3v) is 22.4. The van der Waals surface area contributed by atoms with Crippen molar-refractivity contribution in [2.75, 3.05) is 0 Å². The Balaban J connectivity index is 2.36. The number of allylic oxidation sites excluding steroid dienone is 2. The summed E-state index contributed by atoms with van der Waals surface area (Å²) in [5.41, 5.74) is 0. The number of thioether (sulfide) groups is 2. The normalized spacial score (nSPS) is 24.9. The van der Waals surface area contributed by atoms with Gasteiger partial charge in [0, 0.05) is 10.5 Å². The number of rotatable bonds is 15. The van der Waals surface area contributed by atoms with Gasteiger partial charge >= 0.3 is 0 Å². The summed E-state index contributed by atoms with van der Waals surface area (Å²) in [5, 5.41) is 5.26. The molecule has 0 bridgehead atoms. The molecule has 0 fully saturated rings. The van der Waals surface area contributed by atoms with Crippen LogP contribution in [0.15, 0.2) is 21.2 Å². The molecule has 2 aliphatic rings. The lowest BCUT2D eigenvalue weighted by atomic mass is 10.0. The summed E-state index contributed by atoms with van der Waals surface area (Å²) in [4.78, 5) is 0. The van der Waals surface area contributed by atoms with Gasteiger partial charge in [0.15, 0.2) is 0 Å². The Labute approximate surface area is 241 Å². The first-order valence-electron chi connectivity index (χ1n) is 15.1. The van der Waals surface area contributed by atoms with Crippen LogP contribution in [0, 0.1) is 11.8 Å². The first-order valence-corrected chi connectivity index (χ1v) is 26.7. The molecule has 0 radical (unpaired) electrons. The van der Waals surface area contributed by atoms with Crippen LogP contribution in [-0.4, -0.2) is 55.2 Å². The molecule has 4 atom stereocenters.